The standard InChI is InChI=1S/C8H4F4O/c1-2-13-8-5(10)3-4(9)6(11)7(8)12/h2-3H,1H2. The number of benzene rings is 1. The molecule has 0 atom stereocenters. The van der Waals surface area contributed by atoms with E-state index in [-0.39, 0.29) is 6.07 Å². The lowest BCUT2D eigenvalue weighted by Gasteiger charge is -2.04. The molecular weight excluding hydrogens is 188 g/mol. The molecule has 0 aliphatic rings. The molecule has 0 bridgehead atoms. The monoisotopic (exact) mass is 192 g/mol. The molecule has 70 valence electrons. The molecule has 0 aromatic heterocycles. The summed E-state index contributed by atoms with van der Waals surface area (Å²) in [6, 6.07) is 0.192. The number of hydrogen-bond acceptors (Lipinski definition) is 1. The van der Waals surface area contributed by atoms with Gasteiger partial charge in [0.05, 0.1) is 6.26 Å². The molecule has 1 aromatic carbocycles. The van der Waals surface area contributed by atoms with E-state index < -0.39 is 29.0 Å². The van der Waals surface area contributed by atoms with Crippen molar-refractivity contribution in [1.29, 1.82) is 0 Å². The van der Waals surface area contributed by atoms with Crippen LogP contribution in [0.4, 0.5) is 17.6 Å². The first kappa shape index (κ1) is 9.57. The minimum atomic E-state index is -1.78. The Hall–Kier alpha value is -1.52. The van der Waals surface area contributed by atoms with Gasteiger partial charge in [0, 0.05) is 6.07 Å². The highest BCUT2D eigenvalue weighted by Gasteiger charge is 2.19. The van der Waals surface area contributed by atoms with Crippen LogP contribution in [0.15, 0.2) is 18.9 Å². The van der Waals surface area contributed by atoms with E-state index in [1.54, 1.807) is 0 Å². The molecule has 0 heterocycles. The van der Waals surface area contributed by atoms with Crippen LogP contribution in [0.5, 0.6) is 5.75 Å². The summed E-state index contributed by atoms with van der Waals surface area (Å²) in [5.41, 5.74) is 0. The Morgan fingerprint density at radius 1 is 1.08 bits per heavy atom. The van der Waals surface area contributed by atoms with E-state index in [0.29, 0.717) is 6.26 Å². The highest BCUT2D eigenvalue weighted by atomic mass is 19.2. The fraction of sp³-hybridized carbons (Fsp3) is 0. The largest absolute Gasteiger partial charge is 0.459 e. The van der Waals surface area contributed by atoms with Gasteiger partial charge in [-0.2, -0.15) is 4.39 Å². The molecule has 13 heavy (non-hydrogen) atoms. The van der Waals surface area contributed by atoms with Crippen LogP contribution in [0.25, 0.3) is 0 Å². The summed E-state index contributed by atoms with van der Waals surface area (Å²) in [6.07, 6.45) is 0.707. The molecule has 0 N–H and O–H groups in total. The average molecular weight is 192 g/mol. The highest BCUT2D eigenvalue weighted by molar-refractivity contribution is 5.28. The summed E-state index contributed by atoms with van der Waals surface area (Å²) in [6.45, 7) is 3.02. The first-order valence-corrected chi connectivity index (χ1v) is 3.18. The van der Waals surface area contributed by atoms with E-state index in [1.807, 2.05) is 0 Å². The summed E-state index contributed by atoms with van der Waals surface area (Å²) >= 11 is 0. The van der Waals surface area contributed by atoms with Gasteiger partial charge in [0.1, 0.15) is 0 Å². The maximum Gasteiger partial charge on any atom is 0.207 e. The second-order valence-corrected chi connectivity index (χ2v) is 2.08. The van der Waals surface area contributed by atoms with Crippen LogP contribution >= 0.6 is 0 Å². The lowest BCUT2D eigenvalue weighted by atomic mass is 10.3. The molecule has 0 aliphatic carbocycles. The fourth-order valence-corrected chi connectivity index (χ4v) is 0.741. The molecule has 0 spiro atoms. The van der Waals surface area contributed by atoms with Crippen molar-refractivity contribution in [2.75, 3.05) is 0 Å². The third kappa shape index (κ3) is 1.63. The molecule has 0 saturated carbocycles. The molecule has 0 amide bonds. The van der Waals surface area contributed by atoms with Gasteiger partial charge in [-0.25, -0.2) is 13.2 Å². The van der Waals surface area contributed by atoms with Crippen molar-refractivity contribution in [3.8, 4) is 5.75 Å². The Bertz CT molecular complexity index is 348. The predicted octanol–water partition coefficient (Wildman–Crippen LogP) is 2.77. The van der Waals surface area contributed by atoms with Gasteiger partial charge < -0.3 is 4.74 Å². The smallest absolute Gasteiger partial charge is 0.207 e. The van der Waals surface area contributed by atoms with Crippen molar-refractivity contribution >= 4 is 0 Å². The quantitative estimate of drug-likeness (QED) is 0.303. The average Bonchev–Trinajstić information content (AvgIpc) is 2.09. The Morgan fingerprint density at radius 2 is 1.69 bits per heavy atom. The summed E-state index contributed by atoms with van der Waals surface area (Å²) < 4.78 is 54.3. The maximum absolute atomic E-state index is 12.7. The van der Waals surface area contributed by atoms with E-state index in [2.05, 4.69) is 11.3 Å². The highest BCUT2D eigenvalue weighted by Crippen LogP contribution is 2.25. The lowest BCUT2D eigenvalue weighted by molar-refractivity contribution is 0.367. The predicted molar refractivity (Wildman–Crippen MR) is 37.1 cm³/mol. The normalized spacial score (nSPS) is 9.85. The molecule has 1 aromatic rings. The number of halogens is 4. The summed E-state index contributed by atoms with van der Waals surface area (Å²) in [5, 5.41) is 0. The molecule has 1 rings (SSSR count). The summed E-state index contributed by atoms with van der Waals surface area (Å²) in [4.78, 5) is 0. The van der Waals surface area contributed by atoms with E-state index in [1.165, 1.54) is 0 Å². The van der Waals surface area contributed by atoms with Crippen molar-refractivity contribution in [1.82, 2.24) is 0 Å². The molecular formula is C8H4F4O. The molecule has 0 unspecified atom stereocenters. The van der Waals surface area contributed by atoms with Gasteiger partial charge in [0.15, 0.2) is 17.5 Å². The van der Waals surface area contributed by atoms with Crippen molar-refractivity contribution in [3.05, 3.63) is 42.2 Å². The van der Waals surface area contributed by atoms with Gasteiger partial charge >= 0.3 is 0 Å². The van der Waals surface area contributed by atoms with Gasteiger partial charge in [-0.05, 0) is 0 Å². The Kier molecular flexibility index (Phi) is 2.55. The molecule has 1 nitrogen and oxygen atoms in total. The van der Waals surface area contributed by atoms with Crippen LogP contribution < -0.4 is 4.74 Å². The van der Waals surface area contributed by atoms with E-state index in [0.717, 1.165) is 0 Å². The zero-order valence-electron chi connectivity index (χ0n) is 6.28. The molecule has 0 aliphatic heterocycles. The van der Waals surface area contributed by atoms with Gasteiger partial charge in [-0.1, -0.05) is 6.58 Å². The lowest BCUT2D eigenvalue weighted by Crippen LogP contribution is -1.98. The number of ether oxygens (including phenoxy) is 1. The van der Waals surface area contributed by atoms with Gasteiger partial charge in [-0.15, -0.1) is 0 Å². The number of hydrogen-bond donors (Lipinski definition) is 0. The van der Waals surface area contributed by atoms with Gasteiger partial charge in [-0.3, -0.25) is 0 Å². The van der Waals surface area contributed by atoms with Crippen molar-refractivity contribution in [3.63, 3.8) is 0 Å². The van der Waals surface area contributed by atoms with Crippen LogP contribution in [0.3, 0.4) is 0 Å². The van der Waals surface area contributed by atoms with E-state index in [4.69, 9.17) is 0 Å². The minimum absolute atomic E-state index is 0.192. The third-order valence-electron chi connectivity index (χ3n) is 1.27. The van der Waals surface area contributed by atoms with Gasteiger partial charge in [0.25, 0.3) is 0 Å². The van der Waals surface area contributed by atoms with Crippen LogP contribution in [0.1, 0.15) is 0 Å². The van der Waals surface area contributed by atoms with Crippen molar-refractivity contribution in [2.24, 2.45) is 0 Å². The SMILES string of the molecule is C=COc1c(F)cc(F)c(F)c1F. The van der Waals surface area contributed by atoms with Crippen LogP contribution in [-0.2, 0) is 0 Å². The molecule has 0 fully saturated rings. The molecule has 0 radical (unpaired) electrons. The summed E-state index contributed by atoms with van der Waals surface area (Å²) in [7, 11) is 0. The zero-order chi connectivity index (χ0) is 10.0. The van der Waals surface area contributed by atoms with Gasteiger partial charge in [0.2, 0.25) is 11.6 Å². The van der Waals surface area contributed by atoms with Crippen LogP contribution in [0, 0.1) is 23.3 Å². The second kappa shape index (κ2) is 3.47. The Balaban J connectivity index is 3.34. The van der Waals surface area contributed by atoms with Crippen LogP contribution in [0.2, 0.25) is 0 Å². The van der Waals surface area contributed by atoms with E-state index >= 15 is 0 Å². The zero-order valence-corrected chi connectivity index (χ0v) is 6.28. The maximum atomic E-state index is 12.7. The first-order chi connectivity index (χ1) is 6.07. The fourth-order valence-electron chi connectivity index (χ4n) is 0.741. The topological polar surface area (TPSA) is 9.23 Å². The van der Waals surface area contributed by atoms with Crippen LogP contribution in [-0.4, -0.2) is 0 Å². The third-order valence-corrected chi connectivity index (χ3v) is 1.27. The second-order valence-electron chi connectivity index (χ2n) is 2.08. The Labute approximate surface area is 71.2 Å². The molecule has 5 heteroatoms. The van der Waals surface area contributed by atoms with Crippen molar-refractivity contribution in [2.45, 2.75) is 0 Å². The van der Waals surface area contributed by atoms with E-state index in [9.17, 15) is 17.6 Å². The minimum Gasteiger partial charge on any atom is -0.459 e. The number of rotatable bonds is 2. The summed E-state index contributed by atoms with van der Waals surface area (Å²) in [5.74, 6) is -7.42. The van der Waals surface area contributed by atoms with Crippen molar-refractivity contribution < 1.29 is 22.3 Å². The first-order valence-electron chi connectivity index (χ1n) is 3.18. The Morgan fingerprint density at radius 3 is 2.23 bits per heavy atom. The molecule has 0 saturated heterocycles.